The van der Waals surface area contributed by atoms with Gasteiger partial charge in [0, 0.05) is 24.7 Å². The van der Waals surface area contributed by atoms with Gasteiger partial charge in [-0.15, -0.1) is 11.8 Å². The van der Waals surface area contributed by atoms with Crippen molar-refractivity contribution in [1.82, 2.24) is 0 Å². The standard InChI is InChI=1S/C11H15NO3S/c1-14-11(15-2)8-3-5-9(6-4-8)16-7-10(12)13/h3-6,11H,7H2,1-2H3,(H2,12,13). The molecule has 0 bridgehead atoms. The summed E-state index contributed by atoms with van der Waals surface area (Å²) in [6, 6.07) is 7.63. The van der Waals surface area contributed by atoms with E-state index >= 15 is 0 Å². The molecule has 0 saturated carbocycles. The van der Waals surface area contributed by atoms with Crippen molar-refractivity contribution in [1.29, 1.82) is 0 Å². The summed E-state index contributed by atoms with van der Waals surface area (Å²) in [5.74, 6) is -0.0297. The molecule has 1 aromatic rings. The van der Waals surface area contributed by atoms with Crippen LogP contribution in [0, 0.1) is 0 Å². The Balaban J connectivity index is 2.63. The van der Waals surface area contributed by atoms with Crippen LogP contribution in [0.2, 0.25) is 0 Å². The molecule has 88 valence electrons. The Bertz CT molecular complexity index is 336. The third-order valence-corrected chi connectivity index (χ3v) is 3.00. The van der Waals surface area contributed by atoms with Gasteiger partial charge in [-0.2, -0.15) is 0 Å². The van der Waals surface area contributed by atoms with Crippen LogP contribution in [0.4, 0.5) is 0 Å². The molecule has 0 spiro atoms. The van der Waals surface area contributed by atoms with Crippen molar-refractivity contribution in [3.8, 4) is 0 Å². The molecule has 2 N–H and O–H groups in total. The molecule has 5 heteroatoms. The minimum absolute atomic E-state index is 0.289. The van der Waals surface area contributed by atoms with Crippen LogP contribution in [0.15, 0.2) is 29.2 Å². The highest BCUT2D eigenvalue weighted by molar-refractivity contribution is 8.00. The third kappa shape index (κ3) is 3.84. The van der Waals surface area contributed by atoms with E-state index in [9.17, 15) is 4.79 Å². The predicted octanol–water partition coefficient (Wildman–Crippen LogP) is 1.56. The molecule has 1 rings (SSSR count). The summed E-state index contributed by atoms with van der Waals surface area (Å²) in [6.07, 6.45) is -0.352. The monoisotopic (exact) mass is 241 g/mol. The molecule has 0 aromatic heterocycles. The minimum Gasteiger partial charge on any atom is -0.369 e. The molecule has 16 heavy (non-hydrogen) atoms. The SMILES string of the molecule is COC(OC)c1ccc(SCC(N)=O)cc1. The number of amides is 1. The lowest BCUT2D eigenvalue weighted by Gasteiger charge is -2.13. The number of rotatable bonds is 6. The van der Waals surface area contributed by atoms with Crippen LogP contribution in [-0.4, -0.2) is 25.9 Å². The quantitative estimate of drug-likeness (QED) is 0.606. The van der Waals surface area contributed by atoms with E-state index in [1.165, 1.54) is 11.8 Å². The maximum absolute atomic E-state index is 10.6. The van der Waals surface area contributed by atoms with Crippen molar-refractivity contribution in [2.45, 2.75) is 11.2 Å². The van der Waals surface area contributed by atoms with Crippen LogP contribution in [0.3, 0.4) is 0 Å². The van der Waals surface area contributed by atoms with Gasteiger partial charge in [0.1, 0.15) is 0 Å². The average Bonchev–Trinajstić information content (AvgIpc) is 2.29. The first kappa shape index (κ1) is 13.0. The van der Waals surface area contributed by atoms with Crippen LogP contribution in [0.1, 0.15) is 11.9 Å². The minimum atomic E-state index is -0.352. The Labute approximate surface area is 99.1 Å². The Morgan fingerprint density at radius 2 is 1.88 bits per heavy atom. The number of nitrogens with two attached hydrogens (primary N) is 1. The first-order chi connectivity index (χ1) is 7.67. The summed E-state index contributed by atoms with van der Waals surface area (Å²) >= 11 is 1.41. The molecule has 0 fully saturated rings. The van der Waals surface area contributed by atoms with E-state index in [1.807, 2.05) is 24.3 Å². The Morgan fingerprint density at radius 1 is 1.31 bits per heavy atom. The highest BCUT2D eigenvalue weighted by Gasteiger charge is 2.08. The van der Waals surface area contributed by atoms with Crippen LogP contribution < -0.4 is 5.73 Å². The van der Waals surface area contributed by atoms with E-state index in [0.29, 0.717) is 0 Å². The average molecular weight is 241 g/mol. The molecule has 0 unspecified atom stereocenters. The lowest BCUT2D eigenvalue weighted by atomic mass is 10.2. The molecule has 0 aliphatic carbocycles. The second kappa shape index (κ2) is 6.52. The highest BCUT2D eigenvalue weighted by atomic mass is 32.2. The van der Waals surface area contributed by atoms with Gasteiger partial charge in [0.15, 0.2) is 6.29 Å². The van der Waals surface area contributed by atoms with Crippen LogP contribution >= 0.6 is 11.8 Å². The van der Waals surface area contributed by atoms with Gasteiger partial charge < -0.3 is 15.2 Å². The summed E-state index contributed by atoms with van der Waals surface area (Å²) < 4.78 is 10.2. The fourth-order valence-corrected chi connectivity index (χ4v) is 1.88. The van der Waals surface area contributed by atoms with E-state index in [2.05, 4.69) is 0 Å². The normalized spacial score (nSPS) is 10.7. The lowest BCUT2D eigenvalue weighted by Crippen LogP contribution is -2.12. The first-order valence-corrected chi connectivity index (χ1v) is 5.72. The van der Waals surface area contributed by atoms with E-state index in [0.717, 1.165) is 10.5 Å². The molecule has 0 saturated heterocycles. The summed E-state index contributed by atoms with van der Waals surface area (Å²) in [5.41, 5.74) is 6.00. The number of hydrogen-bond acceptors (Lipinski definition) is 4. The van der Waals surface area contributed by atoms with E-state index in [4.69, 9.17) is 15.2 Å². The molecular formula is C11H15NO3S. The summed E-state index contributed by atoms with van der Waals surface area (Å²) in [7, 11) is 3.17. The third-order valence-electron chi connectivity index (χ3n) is 1.96. The van der Waals surface area contributed by atoms with Crippen molar-refractivity contribution >= 4 is 17.7 Å². The van der Waals surface area contributed by atoms with Crippen molar-refractivity contribution in [3.05, 3.63) is 29.8 Å². The molecule has 0 heterocycles. The smallest absolute Gasteiger partial charge is 0.227 e. The van der Waals surface area contributed by atoms with Gasteiger partial charge in [0.2, 0.25) is 5.91 Å². The van der Waals surface area contributed by atoms with Crippen LogP contribution in [-0.2, 0) is 14.3 Å². The number of carbonyl (C=O) groups excluding carboxylic acids is 1. The molecular weight excluding hydrogens is 226 g/mol. The van der Waals surface area contributed by atoms with Gasteiger partial charge in [-0.3, -0.25) is 4.79 Å². The second-order valence-electron chi connectivity index (χ2n) is 3.13. The number of primary amides is 1. The van der Waals surface area contributed by atoms with E-state index in [1.54, 1.807) is 14.2 Å². The van der Waals surface area contributed by atoms with E-state index in [-0.39, 0.29) is 18.0 Å². The molecule has 0 aliphatic rings. The number of thioether (sulfide) groups is 1. The maximum Gasteiger partial charge on any atom is 0.227 e. The van der Waals surface area contributed by atoms with Crippen LogP contribution in [0.5, 0.6) is 0 Å². The Hall–Kier alpha value is -1.04. The molecule has 0 atom stereocenters. The molecule has 4 nitrogen and oxygen atoms in total. The van der Waals surface area contributed by atoms with Gasteiger partial charge in [-0.1, -0.05) is 12.1 Å². The maximum atomic E-state index is 10.6. The topological polar surface area (TPSA) is 61.6 Å². The van der Waals surface area contributed by atoms with Gasteiger partial charge in [0.05, 0.1) is 5.75 Å². The predicted molar refractivity (Wildman–Crippen MR) is 63.1 cm³/mol. The fraction of sp³-hybridized carbons (Fsp3) is 0.364. The van der Waals surface area contributed by atoms with Gasteiger partial charge >= 0.3 is 0 Å². The zero-order valence-corrected chi connectivity index (χ0v) is 10.1. The number of carbonyl (C=O) groups is 1. The summed E-state index contributed by atoms with van der Waals surface area (Å²) in [6.45, 7) is 0. The van der Waals surface area contributed by atoms with Gasteiger partial charge in [-0.05, 0) is 12.1 Å². The van der Waals surface area contributed by atoms with E-state index < -0.39 is 0 Å². The molecule has 1 amide bonds. The van der Waals surface area contributed by atoms with Gasteiger partial charge in [-0.25, -0.2) is 0 Å². The number of hydrogen-bond donors (Lipinski definition) is 1. The Morgan fingerprint density at radius 3 is 2.31 bits per heavy atom. The lowest BCUT2D eigenvalue weighted by molar-refractivity contribution is -0.115. The van der Waals surface area contributed by atoms with Crippen molar-refractivity contribution in [2.75, 3.05) is 20.0 Å². The van der Waals surface area contributed by atoms with Gasteiger partial charge in [0.25, 0.3) is 0 Å². The second-order valence-corrected chi connectivity index (χ2v) is 4.18. The number of ether oxygens (including phenoxy) is 2. The summed E-state index contributed by atoms with van der Waals surface area (Å²) in [5, 5.41) is 0. The van der Waals surface area contributed by atoms with Crippen molar-refractivity contribution in [3.63, 3.8) is 0 Å². The molecule has 1 aromatic carbocycles. The number of methoxy groups -OCH3 is 2. The largest absolute Gasteiger partial charge is 0.369 e. The Kier molecular flexibility index (Phi) is 5.31. The molecule has 0 aliphatic heterocycles. The molecule has 0 radical (unpaired) electrons. The zero-order valence-electron chi connectivity index (χ0n) is 9.30. The van der Waals surface area contributed by atoms with Crippen molar-refractivity contribution < 1.29 is 14.3 Å². The first-order valence-electron chi connectivity index (χ1n) is 4.74. The van der Waals surface area contributed by atoms with Crippen LogP contribution in [0.25, 0.3) is 0 Å². The summed E-state index contributed by atoms with van der Waals surface area (Å²) in [4.78, 5) is 11.6. The number of benzene rings is 1. The van der Waals surface area contributed by atoms with Crippen molar-refractivity contribution in [2.24, 2.45) is 5.73 Å². The fourth-order valence-electron chi connectivity index (χ4n) is 1.24. The highest BCUT2D eigenvalue weighted by Crippen LogP contribution is 2.22. The zero-order chi connectivity index (χ0) is 12.0.